The van der Waals surface area contributed by atoms with Gasteiger partial charge in [0.25, 0.3) is 5.92 Å². The molecule has 3 aliphatic heterocycles. The van der Waals surface area contributed by atoms with E-state index in [1.54, 1.807) is 12.3 Å². The Hall–Kier alpha value is -3.15. The molecule has 3 aliphatic rings. The third-order valence-corrected chi connectivity index (χ3v) is 9.25. The normalized spacial score (nSPS) is 24.6. The summed E-state index contributed by atoms with van der Waals surface area (Å²) in [6.07, 6.45) is 1.39. The van der Waals surface area contributed by atoms with E-state index in [1.165, 1.54) is 42.5 Å². The van der Waals surface area contributed by atoms with Crippen LogP contribution in [0.3, 0.4) is 0 Å². The van der Waals surface area contributed by atoms with Crippen LogP contribution in [0.2, 0.25) is 5.02 Å². The van der Waals surface area contributed by atoms with Gasteiger partial charge in [-0.05, 0) is 19.9 Å². The topological polar surface area (TPSA) is 126 Å². The smallest absolute Gasteiger partial charge is 0.338 e. The third kappa shape index (κ3) is 6.31. The van der Waals surface area contributed by atoms with Crippen LogP contribution in [-0.2, 0) is 23.9 Å². The number of nitrogens with one attached hydrogen (secondary N) is 1. The fraction of sp³-hybridized carbons (Fsp3) is 0.500. The fourth-order valence-electron chi connectivity index (χ4n) is 5.61. The first-order valence-corrected chi connectivity index (χ1v) is 15.1. The summed E-state index contributed by atoms with van der Waals surface area (Å²) in [6, 6.07) is -1.52. The molecule has 0 bridgehead atoms. The van der Waals surface area contributed by atoms with Crippen molar-refractivity contribution in [1.82, 2.24) is 20.3 Å². The predicted molar refractivity (Wildman–Crippen MR) is 154 cm³/mol. The number of alkyl halides is 2. The second-order valence-electron chi connectivity index (χ2n) is 10.8. The summed E-state index contributed by atoms with van der Waals surface area (Å²) in [7, 11) is 1.23. The molecule has 2 N–H and O–H groups in total. The van der Waals surface area contributed by atoms with Gasteiger partial charge in [0.15, 0.2) is 28.1 Å². The van der Waals surface area contributed by atoms with Gasteiger partial charge in [-0.1, -0.05) is 17.7 Å². The molecule has 244 valence electrons. The van der Waals surface area contributed by atoms with E-state index in [-0.39, 0.29) is 55.4 Å². The van der Waals surface area contributed by atoms with E-state index >= 15 is 8.78 Å². The molecule has 0 spiro atoms. The SMILES string of the molecule is CCOC(=O)C1=C(CN2CC(F)(F)[C@H]3[C@@H]2CON3CC[C@](C)(OC)C(=O)O)NC(c2nccs2)=N[C@H]1c1ccc(F)c(F)c1Cl. The number of hydrogen-bond acceptors (Lipinski definition) is 11. The minimum absolute atomic E-state index is 0.0358. The zero-order valence-corrected chi connectivity index (χ0v) is 25.9. The Morgan fingerprint density at radius 1 is 1.33 bits per heavy atom. The number of rotatable bonds is 11. The number of hydrogen-bond donors (Lipinski definition) is 2. The van der Waals surface area contributed by atoms with Crippen molar-refractivity contribution in [2.75, 3.05) is 40.0 Å². The second-order valence-corrected chi connectivity index (χ2v) is 12.1. The number of ether oxygens (including phenoxy) is 2. The van der Waals surface area contributed by atoms with Crippen molar-refractivity contribution in [3.8, 4) is 0 Å². The molecule has 17 heteroatoms. The van der Waals surface area contributed by atoms with Gasteiger partial charge in [-0.3, -0.25) is 14.7 Å². The maximum Gasteiger partial charge on any atom is 0.338 e. The number of fused-ring (bicyclic) bond motifs is 1. The van der Waals surface area contributed by atoms with Crippen LogP contribution in [-0.4, -0.2) is 101 Å². The first kappa shape index (κ1) is 33.2. The number of esters is 1. The average Bonchev–Trinajstić information content (AvgIpc) is 3.74. The van der Waals surface area contributed by atoms with Crippen LogP contribution in [0.25, 0.3) is 0 Å². The lowest BCUT2D eigenvalue weighted by Crippen LogP contribution is -2.48. The number of carbonyl (C=O) groups excluding carboxylic acids is 1. The van der Waals surface area contributed by atoms with Crippen molar-refractivity contribution >= 4 is 40.7 Å². The van der Waals surface area contributed by atoms with Gasteiger partial charge in [-0.25, -0.2) is 32.1 Å². The molecule has 2 saturated heterocycles. The zero-order valence-electron chi connectivity index (χ0n) is 24.4. The molecule has 2 fully saturated rings. The summed E-state index contributed by atoms with van der Waals surface area (Å²) in [6.45, 7) is 1.64. The van der Waals surface area contributed by atoms with Gasteiger partial charge in [-0.15, -0.1) is 11.3 Å². The summed E-state index contributed by atoms with van der Waals surface area (Å²) in [5, 5.41) is 15.1. The molecular weight excluding hydrogens is 646 g/mol. The lowest BCUT2D eigenvalue weighted by molar-refractivity contribution is -0.192. The number of carbonyl (C=O) groups is 2. The Morgan fingerprint density at radius 2 is 2.09 bits per heavy atom. The molecule has 2 aromatic rings. The number of likely N-dealkylation sites (tertiary alicyclic amines) is 1. The van der Waals surface area contributed by atoms with E-state index in [0.717, 1.165) is 11.1 Å². The highest BCUT2D eigenvalue weighted by Gasteiger charge is 2.61. The van der Waals surface area contributed by atoms with E-state index in [0.29, 0.717) is 5.01 Å². The Labute approximate surface area is 264 Å². The number of halogens is 5. The van der Waals surface area contributed by atoms with Crippen molar-refractivity contribution in [3.05, 3.63) is 62.2 Å². The van der Waals surface area contributed by atoms with Gasteiger partial charge >= 0.3 is 11.9 Å². The van der Waals surface area contributed by atoms with Crippen LogP contribution in [0.15, 0.2) is 40.0 Å². The molecule has 11 nitrogen and oxygen atoms in total. The lowest BCUT2D eigenvalue weighted by atomic mass is 9.95. The maximum atomic E-state index is 15.6. The molecular formula is C28H30ClF4N5O6S. The molecule has 0 saturated carbocycles. The molecule has 4 atom stereocenters. The van der Waals surface area contributed by atoms with Crippen molar-refractivity contribution in [3.63, 3.8) is 0 Å². The number of hydroxylamine groups is 2. The molecule has 5 rings (SSSR count). The number of thiazole rings is 1. The highest BCUT2D eigenvalue weighted by molar-refractivity contribution is 7.11. The second kappa shape index (κ2) is 12.9. The highest BCUT2D eigenvalue weighted by atomic mass is 35.5. The molecule has 45 heavy (non-hydrogen) atoms. The largest absolute Gasteiger partial charge is 0.479 e. The summed E-state index contributed by atoms with van der Waals surface area (Å²) in [5.74, 6) is -7.75. The van der Waals surface area contributed by atoms with E-state index in [2.05, 4.69) is 15.3 Å². The Morgan fingerprint density at radius 3 is 2.73 bits per heavy atom. The number of carboxylic acid groups (broad SMARTS) is 1. The first-order chi connectivity index (χ1) is 21.3. The van der Waals surface area contributed by atoms with E-state index < -0.39 is 64.8 Å². The molecule has 4 heterocycles. The van der Waals surface area contributed by atoms with E-state index in [1.807, 2.05) is 0 Å². The van der Waals surface area contributed by atoms with Crippen molar-refractivity contribution in [2.24, 2.45) is 4.99 Å². The third-order valence-electron chi connectivity index (χ3n) is 8.09. The van der Waals surface area contributed by atoms with Gasteiger partial charge < -0.3 is 19.9 Å². The van der Waals surface area contributed by atoms with E-state index in [9.17, 15) is 23.5 Å². The summed E-state index contributed by atoms with van der Waals surface area (Å²) < 4.78 is 70.2. The predicted octanol–water partition coefficient (Wildman–Crippen LogP) is 3.80. The number of aliphatic carboxylic acids is 1. The van der Waals surface area contributed by atoms with Crippen LogP contribution in [0.5, 0.6) is 0 Å². The van der Waals surface area contributed by atoms with Crippen molar-refractivity contribution in [1.29, 1.82) is 0 Å². The minimum Gasteiger partial charge on any atom is -0.479 e. The number of benzene rings is 1. The highest BCUT2D eigenvalue weighted by Crippen LogP contribution is 2.43. The monoisotopic (exact) mass is 675 g/mol. The average molecular weight is 676 g/mol. The summed E-state index contributed by atoms with van der Waals surface area (Å²) in [4.78, 5) is 41.0. The summed E-state index contributed by atoms with van der Waals surface area (Å²) >= 11 is 7.42. The summed E-state index contributed by atoms with van der Waals surface area (Å²) in [5.41, 5.74) is -1.63. The van der Waals surface area contributed by atoms with Gasteiger partial charge in [0.05, 0.1) is 36.4 Å². The fourth-order valence-corrected chi connectivity index (χ4v) is 6.45. The van der Waals surface area contributed by atoms with Crippen LogP contribution in [0.4, 0.5) is 17.6 Å². The number of carboxylic acids is 1. The van der Waals surface area contributed by atoms with Gasteiger partial charge in [0, 0.05) is 49.5 Å². The van der Waals surface area contributed by atoms with Crippen molar-refractivity contribution in [2.45, 2.75) is 49.9 Å². The molecule has 1 aromatic heterocycles. The molecule has 0 radical (unpaired) electrons. The number of methoxy groups -OCH3 is 1. The van der Waals surface area contributed by atoms with Crippen LogP contribution >= 0.6 is 22.9 Å². The number of nitrogens with zero attached hydrogens (tertiary/aromatic N) is 4. The number of aliphatic imine (C=N–C) groups is 1. The van der Waals surface area contributed by atoms with Crippen LogP contribution in [0.1, 0.15) is 36.9 Å². The van der Waals surface area contributed by atoms with E-state index in [4.69, 9.17) is 25.9 Å². The molecule has 1 aromatic carbocycles. The van der Waals surface area contributed by atoms with Gasteiger partial charge in [-0.2, -0.15) is 5.06 Å². The molecule has 0 aliphatic carbocycles. The Balaban J connectivity index is 1.51. The molecule has 0 amide bonds. The minimum atomic E-state index is -3.29. The Bertz CT molecular complexity index is 1530. The zero-order chi connectivity index (χ0) is 32.7. The van der Waals surface area contributed by atoms with Crippen LogP contribution < -0.4 is 5.32 Å². The first-order valence-electron chi connectivity index (χ1n) is 13.9. The molecule has 0 unspecified atom stereocenters. The van der Waals surface area contributed by atoms with Crippen molar-refractivity contribution < 1.29 is 46.6 Å². The maximum absolute atomic E-state index is 15.6. The lowest BCUT2D eigenvalue weighted by Gasteiger charge is -2.30. The Kier molecular flexibility index (Phi) is 9.54. The standard InChI is InChI=1S/C28H30ClF4N5O6S/c1-4-43-25(39)18-16(35-23(24-34-8-10-45-24)36-21(18)14-5-6-15(30)20(31)19(14)29)11-37-13-28(32,33)22-17(37)12-44-38(22)9-7-27(2,42-3)26(40)41/h5-6,8,10,17,21-22H,4,7,9,11-13H2,1-3H3,(H,35,36)(H,40,41)/t17-,21-,22+,27-/m0/s1. The van der Waals surface area contributed by atoms with Gasteiger partial charge in [0.1, 0.15) is 12.1 Å². The number of amidine groups is 1. The number of aromatic nitrogens is 1. The quantitative estimate of drug-likeness (QED) is 0.206. The van der Waals surface area contributed by atoms with Crippen LogP contribution in [0, 0.1) is 11.6 Å². The van der Waals surface area contributed by atoms with Gasteiger partial charge in [0.2, 0.25) is 0 Å².